The molecule has 1 saturated heterocycles. The third kappa shape index (κ3) is 4.32. The third-order valence-corrected chi connectivity index (χ3v) is 6.33. The van der Waals surface area contributed by atoms with E-state index in [1.807, 2.05) is 45.9 Å². The summed E-state index contributed by atoms with van der Waals surface area (Å²) >= 11 is 0. The Morgan fingerprint density at radius 3 is 2.37 bits per heavy atom. The van der Waals surface area contributed by atoms with E-state index in [2.05, 4.69) is 0 Å². The average Bonchev–Trinajstić information content (AvgIpc) is 3.08. The molecule has 4 rings (SSSR count). The molecule has 1 unspecified atom stereocenters. The van der Waals surface area contributed by atoms with Gasteiger partial charge in [0.15, 0.2) is 0 Å². The number of rotatable bonds is 4. The molecule has 180 valence electrons. The van der Waals surface area contributed by atoms with E-state index in [4.69, 9.17) is 4.74 Å². The van der Waals surface area contributed by atoms with Crippen LogP contribution in [0.3, 0.4) is 0 Å². The first-order chi connectivity index (χ1) is 16.5. The minimum Gasteiger partial charge on any atom is -0.507 e. The van der Waals surface area contributed by atoms with Crippen LogP contribution in [-0.4, -0.2) is 23.9 Å². The molecule has 6 heteroatoms. The maximum Gasteiger partial charge on any atom is 0.300 e. The van der Waals surface area contributed by atoms with E-state index in [0.29, 0.717) is 17.0 Å². The lowest BCUT2D eigenvalue weighted by molar-refractivity contribution is -0.132. The molecule has 1 amide bonds. The van der Waals surface area contributed by atoms with Gasteiger partial charge in [-0.1, -0.05) is 57.2 Å². The second-order valence-electron chi connectivity index (χ2n) is 9.67. The molecule has 1 heterocycles. The summed E-state index contributed by atoms with van der Waals surface area (Å²) in [6.45, 7) is 7.95. The second-order valence-corrected chi connectivity index (χ2v) is 9.67. The van der Waals surface area contributed by atoms with Crippen molar-refractivity contribution in [3.63, 3.8) is 0 Å². The van der Waals surface area contributed by atoms with Gasteiger partial charge >= 0.3 is 0 Å². The standard InChI is InChI=1S/C29H28FNO4/c1-17-13-14-18(29(2,3)4)15-22(17)26(32)24-25(21-11-6-7-12-23(21)30)31(28(34)27(24)33)19-9-8-10-20(16-19)35-5/h6-16,25,32H,1-5H3/b26-24+. The molecule has 0 spiro atoms. The van der Waals surface area contributed by atoms with Crippen LogP contribution in [0.5, 0.6) is 5.75 Å². The predicted octanol–water partition coefficient (Wildman–Crippen LogP) is 6.07. The molecule has 1 aliphatic rings. The summed E-state index contributed by atoms with van der Waals surface area (Å²) < 4.78 is 20.4. The van der Waals surface area contributed by atoms with E-state index in [-0.39, 0.29) is 22.3 Å². The topological polar surface area (TPSA) is 66.8 Å². The number of aliphatic hydroxyl groups excluding tert-OH is 1. The van der Waals surface area contributed by atoms with Crippen LogP contribution in [0.2, 0.25) is 0 Å². The number of hydrogen-bond donors (Lipinski definition) is 1. The van der Waals surface area contributed by atoms with Crippen LogP contribution in [0.15, 0.2) is 72.3 Å². The Labute approximate surface area is 204 Å². The first kappa shape index (κ1) is 24.2. The quantitative estimate of drug-likeness (QED) is 0.284. The van der Waals surface area contributed by atoms with Gasteiger partial charge in [-0.3, -0.25) is 14.5 Å². The molecule has 3 aromatic rings. The lowest BCUT2D eigenvalue weighted by Crippen LogP contribution is -2.29. The van der Waals surface area contributed by atoms with E-state index >= 15 is 4.39 Å². The van der Waals surface area contributed by atoms with Gasteiger partial charge in [0.2, 0.25) is 0 Å². The van der Waals surface area contributed by atoms with Gasteiger partial charge in [0.05, 0.1) is 18.7 Å². The average molecular weight is 474 g/mol. The number of aliphatic hydroxyl groups is 1. The lowest BCUT2D eigenvalue weighted by Gasteiger charge is -2.26. The number of Topliss-reactive ketones (excluding diaryl/α,β-unsaturated/α-hetero) is 1. The third-order valence-electron chi connectivity index (χ3n) is 6.33. The molecule has 0 bridgehead atoms. The number of ether oxygens (including phenoxy) is 1. The Balaban J connectivity index is 2.00. The molecule has 0 aliphatic carbocycles. The molecule has 1 fully saturated rings. The zero-order valence-electron chi connectivity index (χ0n) is 20.4. The number of ketones is 1. The van der Waals surface area contributed by atoms with E-state index in [9.17, 15) is 14.7 Å². The van der Waals surface area contributed by atoms with Crippen molar-refractivity contribution in [3.8, 4) is 5.75 Å². The van der Waals surface area contributed by atoms with Crippen LogP contribution in [0.4, 0.5) is 10.1 Å². The van der Waals surface area contributed by atoms with Crippen molar-refractivity contribution >= 4 is 23.1 Å². The SMILES string of the molecule is COc1cccc(N2C(=O)C(=O)/C(=C(/O)c3cc(C(C)(C)C)ccc3C)C2c2ccccc2F)c1. The molecule has 1 N–H and O–H groups in total. The van der Waals surface area contributed by atoms with Crippen molar-refractivity contribution in [2.24, 2.45) is 0 Å². The van der Waals surface area contributed by atoms with Gasteiger partial charge in [-0.05, 0) is 47.7 Å². The summed E-state index contributed by atoms with van der Waals surface area (Å²) in [5.74, 6) is -2.16. The fourth-order valence-electron chi connectivity index (χ4n) is 4.34. The largest absolute Gasteiger partial charge is 0.507 e. The van der Waals surface area contributed by atoms with Crippen LogP contribution in [0.1, 0.15) is 49.1 Å². The molecule has 0 aromatic heterocycles. The van der Waals surface area contributed by atoms with Crippen LogP contribution in [-0.2, 0) is 15.0 Å². The van der Waals surface area contributed by atoms with E-state index in [0.717, 1.165) is 11.1 Å². The highest BCUT2D eigenvalue weighted by Gasteiger charge is 2.48. The van der Waals surface area contributed by atoms with Gasteiger partial charge in [0.25, 0.3) is 11.7 Å². The maximum atomic E-state index is 15.1. The maximum absolute atomic E-state index is 15.1. The number of amides is 1. The van der Waals surface area contributed by atoms with Crippen molar-refractivity contribution < 1.29 is 23.8 Å². The fourth-order valence-corrected chi connectivity index (χ4v) is 4.34. The molecule has 5 nitrogen and oxygen atoms in total. The molecule has 1 aliphatic heterocycles. The van der Waals surface area contributed by atoms with Crippen molar-refractivity contribution in [1.29, 1.82) is 0 Å². The van der Waals surface area contributed by atoms with Crippen molar-refractivity contribution in [2.45, 2.75) is 39.2 Å². The van der Waals surface area contributed by atoms with E-state index in [1.54, 1.807) is 30.3 Å². The number of anilines is 1. The first-order valence-electron chi connectivity index (χ1n) is 11.4. The Morgan fingerprint density at radius 1 is 1.00 bits per heavy atom. The molecule has 1 atom stereocenters. The lowest BCUT2D eigenvalue weighted by atomic mass is 9.84. The van der Waals surface area contributed by atoms with Gasteiger partial charge in [-0.15, -0.1) is 0 Å². The van der Waals surface area contributed by atoms with Gasteiger partial charge < -0.3 is 9.84 Å². The number of carbonyl (C=O) groups excluding carboxylic acids is 2. The van der Waals surface area contributed by atoms with Crippen molar-refractivity contribution in [1.82, 2.24) is 0 Å². The van der Waals surface area contributed by atoms with Gasteiger partial charge in [-0.2, -0.15) is 0 Å². The minimum atomic E-state index is -1.15. The summed E-state index contributed by atoms with van der Waals surface area (Å²) in [6.07, 6.45) is 0. The number of methoxy groups -OCH3 is 1. The summed E-state index contributed by atoms with van der Waals surface area (Å²) in [4.78, 5) is 27.9. The summed E-state index contributed by atoms with van der Waals surface area (Å²) in [7, 11) is 1.49. The van der Waals surface area contributed by atoms with Gasteiger partial charge in [-0.25, -0.2) is 4.39 Å². The van der Waals surface area contributed by atoms with Crippen LogP contribution < -0.4 is 9.64 Å². The number of halogens is 1. The number of carbonyl (C=O) groups is 2. The Kier molecular flexibility index (Phi) is 6.24. The molecule has 35 heavy (non-hydrogen) atoms. The second kappa shape index (κ2) is 9.02. The number of benzene rings is 3. The number of nitrogens with zero attached hydrogens (tertiary/aromatic N) is 1. The molecular formula is C29H28FNO4. The summed E-state index contributed by atoms with van der Waals surface area (Å²) in [5.41, 5.74) is 2.23. The zero-order chi connectivity index (χ0) is 25.5. The Bertz CT molecular complexity index is 1350. The highest BCUT2D eigenvalue weighted by molar-refractivity contribution is 6.51. The summed E-state index contributed by atoms with van der Waals surface area (Å²) in [6, 6.07) is 17.1. The number of aryl methyl sites for hydroxylation is 1. The van der Waals surface area contributed by atoms with Gasteiger partial charge in [0.1, 0.15) is 17.3 Å². The molecular weight excluding hydrogens is 445 g/mol. The van der Waals surface area contributed by atoms with Crippen molar-refractivity contribution in [2.75, 3.05) is 12.0 Å². The monoisotopic (exact) mass is 473 g/mol. The van der Waals surface area contributed by atoms with Gasteiger partial charge in [0, 0.05) is 22.9 Å². The minimum absolute atomic E-state index is 0.112. The number of hydrogen-bond acceptors (Lipinski definition) is 4. The van der Waals surface area contributed by atoms with Crippen LogP contribution >= 0.6 is 0 Å². The highest BCUT2D eigenvalue weighted by Crippen LogP contribution is 2.44. The fraction of sp³-hybridized carbons (Fsp3) is 0.241. The Hall–Kier alpha value is -3.93. The first-order valence-corrected chi connectivity index (χ1v) is 11.4. The highest BCUT2D eigenvalue weighted by atomic mass is 19.1. The molecule has 3 aromatic carbocycles. The van der Waals surface area contributed by atoms with E-state index in [1.165, 1.54) is 30.2 Å². The Morgan fingerprint density at radius 2 is 1.71 bits per heavy atom. The predicted molar refractivity (Wildman–Crippen MR) is 134 cm³/mol. The smallest absolute Gasteiger partial charge is 0.300 e. The molecule has 0 saturated carbocycles. The zero-order valence-corrected chi connectivity index (χ0v) is 20.4. The summed E-state index contributed by atoms with van der Waals surface area (Å²) in [5, 5.41) is 11.5. The van der Waals surface area contributed by atoms with Crippen LogP contribution in [0.25, 0.3) is 5.76 Å². The van der Waals surface area contributed by atoms with E-state index < -0.39 is 23.5 Å². The molecule has 0 radical (unpaired) electrons. The van der Waals surface area contributed by atoms with Crippen molar-refractivity contribution in [3.05, 3.63) is 100 Å². The normalized spacial score (nSPS) is 17.7. The van der Waals surface area contributed by atoms with Crippen LogP contribution in [0, 0.1) is 12.7 Å².